The number of hydrogen-bond acceptors (Lipinski definition) is 4. The first-order chi connectivity index (χ1) is 9.70. The first-order valence-electron chi connectivity index (χ1n) is 7.26. The Labute approximate surface area is 131 Å². The Bertz CT molecular complexity index is 317. The summed E-state index contributed by atoms with van der Waals surface area (Å²) in [6.45, 7) is 8.22. The monoisotopic (exact) mass is 322 g/mol. The van der Waals surface area contributed by atoms with E-state index in [1.165, 1.54) is 0 Å². The van der Waals surface area contributed by atoms with Crippen molar-refractivity contribution in [2.75, 3.05) is 13.1 Å². The van der Waals surface area contributed by atoms with Crippen molar-refractivity contribution in [2.24, 2.45) is 0 Å². The molecule has 0 heterocycles. The number of carbonyl (C=O) groups excluding carboxylic acids is 2. The van der Waals surface area contributed by atoms with Crippen LogP contribution in [0.2, 0.25) is 0 Å². The van der Waals surface area contributed by atoms with Gasteiger partial charge in [-0.15, -0.1) is 0 Å². The molecule has 0 saturated heterocycles. The van der Waals surface area contributed by atoms with Crippen molar-refractivity contribution >= 4 is 23.8 Å². The van der Waals surface area contributed by atoms with Crippen LogP contribution in [0.25, 0.3) is 0 Å². The van der Waals surface area contributed by atoms with Gasteiger partial charge in [0.2, 0.25) is 0 Å². The molecule has 0 aromatic carbocycles. The Kier molecular flexibility index (Phi) is 9.95. The van der Waals surface area contributed by atoms with Gasteiger partial charge >= 0.3 is 12.2 Å². The fourth-order valence-electron chi connectivity index (χ4n) is 1.49. The van der Waals surface area contributed by atoms with Crippen molar-refractivity contribution in [1.29, 1.82) is 0 Å². The van der Waals surface area contributed by atoms with Crippen LogP contribution >= 0.6 is 11.6 Å². The molecule has 0 aromatic rings. The van der Waals surface area contributed by atoms with Crippen molar-refractivity contribution in [3.05, 3.63) is 0 Å². The van der Waals surface area contributed by atoms with Gasteiger partial charge in [-0.2, -0.15) is 0 Å². The molecule has 124 valence electrons. The number of carbonyl (C=O) groups is 2. The minimum Gasteiger partial charge on any atom is -0.444 e. The number of amides is 2. The highest BCUT2D eigenvalue weighted by Crippen LogP contribution is 2.06. The topological polar surface area (TPSA) is 76.7 Å². The summed E-state index contributed by atoms with van der Waals surface area (Å²) < 4.78 is 9.83. The number of rotatable bonds is 8. The molecule has 7 heteroatoms. The van der Waals surface area contributed by atoms with E-state index >= 15 is 0 Å². The number of unbranched alkanes of at least 4 members (excludes halogenated alkanes) is 3. The van der Waals surface area contributed by atoms with E-state index in [2.05, 4.69) is 10.6 Å². The van der Waals surface area contributed by atoms with Gasteiger partial charge in [-0.3, -0.25) is 0 Å². The van der Waals surface area contributed by atoms with Gasteiger partial charge in [0.15, 0.2) is 5.56 Å². The standard InChI is InChI=1S/C14H27ClN2O4/c1-11(15)20-12(18)16-9-7-5-6-8-10-17-13(19)21-14(2,3)4/h11H,5-10H2,1-4H3,(H,16,18)(H,17,19). The Balaban J connectivity index is 3.37. The third-order valence-electron chi connectivity index (χ3n) is 2.31. The lowest BCUT2D eigenvalue weighted by Gasteiger charge is -2.19. The van der Waals surface area contributed by atoms with E-state index in [9.17, 15) is 9.59 Å². The van der Waals surface area contributed by atoms with E-state index < -0.39 is 17.3 Å². The Hall–Kier alpha value is -1.17. The van der Waals surface area contributed by atoms with E-state index in [1.807, 2.05) is 20.8 Å². The molecule has 0 aliphatic rings. The predicted molar refractivity (Wildman–Crippen MR) is 82.5 cm³/mol. The molecular formula is C14H27ClN2O4. The van der Waals surface area contributed by atoms with E-state index in [0.717, 1.165) is 25.7 Å². The van der Waals surface area contributed by atoms with Crippen LogP contribution in [-0.4, -0.2) is 36.4 Å². The van der Waals surface area contributed by atoms with Crippen LogP contribution in [0.5, 0.6) is 0 Å². The molecule has 0 spiro atoms. The zero-order chi connectivity index (χ0) is 16.3. The minimum absolute atomic E-state index is 0.387. The summed E-state index contributed by atoms with van der Waals surface area (Å²) >= 11 is 5.51. The van der Waals surface area contributed by atoms with Crippen molar-refractivity contribution < 1.29 is 19.1 Å². The summed E-state index contributed by atoms with van der Waals surface area (Å²) in [4.78, 5) is 22.4. The van der Waals surface area contributed by atoms with Crippen molar-refractivity contribution in [1.82, 2.24) is 10.6 Å². The van der Waals surface area contributed by atoms with Gasteiger partial charge in [0.1, 0.15) is 5.60 Å². The number of alkyl carbamates (subject to hydrolysis) is 2. The Morgan fingerprint density at radius 1 is 1.00 bits per heavy atom. The molecule has 0 aliphatic carbocycles. The first-order valence-corrected chi connectivity index (χ1v) is 7.70. The lowest BCUT2D eigenvalue weighted by atomic mass is 10.2. The van der Waals surface area contributed by atoms with E-state index in [4.69, 9.17) is 21.1 Å². The van der Waals surface area contributed by atoms with E-state index in [0.29, 0.717) is 13.1 Å². The lowest BCUT2D eigenvalue weighted by Crippen LogP contribution is -2.33. The van der Waals surface area contributed by atoms with Crippen LogP contribution in [-0.2, 0) is 9.47 Å². The molecule has 0 rings (SSSR count). The van der Waals surface area contributed by atoms with Crippen LogP contribution in [0.1, 0.15) is 53.4 Å². The van der Waals surface area contributed by atoms with Gasteiger partial charge in [0.25, 0.3) is 0 Å². The Morgan fingerprint density at radius 3 is 1.90 bits per heavy atom. The maximum absolute atomic E-state index is 11.4. The molecule has 0 aromatic heterocycles. The number of hydrogen-bond donors (Lipinski definition) is 2. The van der Waals surface area contributed by atoms with Gasteiger partial charge in [-0.25, -0.2) is 9.59 Å². The highest BCUT2D eigenvalue weighted by molar-refractivity contribution is 6.19. The molecule has 21 heavy (non-hydrogen) atoms. The SMILES string of the molecule is CC(Cl)OC(=O)NCCCCCCNC(=O)OC(C)(C)C. The summed E-state index contributed by atoms with van der Waals surface area (Å²) in [7, 11) is 0. The maximum Gasteiger partial charge on any atom is 0.408 e. The van der Waals surface area contributed by atoms with Crippen LogP contribution in [0.15, 0.2) is 0 Å². The van der Waals surface area contributed by atoms with E-state index in [1.54, 1.807) is 6.92 Å². The third-order valence-corrected chi connectivity index (χ3v) is 2.40. The van der Waals surface area contributed by atoms with Crippen LogP contribution < -0.4 is 10.6 Å². The average molecular weight is 323 g/mol. The minimum atomic E-state index is -0.621. The summed E-state index contributed by atoms with van der Waals surface area (Å²) in [5, 5.41) is 5.32. The molecule has 0 radical (unpaired) electrons. The largest absolute Gasteiger partial charge is 0.444 e. The highest BCUT2D eigenvalue weighted by atomic mass is 35.5. The molecule has 1 atom stereocenters. The second kappa shape index (κ2) is 10.5. The molecule has 2 amide bonds. The summed E-state index contributed by atoms with van der Waals surface area (Å²) in [6, 6.07) is 0. The van der Waals surface area contributed by atoms with Gasteiger partial charge in [0.05, 0.1) is 0 Å². The number of nitrogens with one attached hydrogen (secondary N) is 2. The third kappa shape index (κ3) is 15.0. The van der Waals surface area contributed by atoms with Crippen molar-refractivity contribution in [3.63, 3.8) is 0 Å². The van der Waals surface area contributed by atoms with Gasteiger partial charge in [0, 0.05) is 13.1 Å². The molecule has 0 saturated carbocycles. The van der Waals surface area contributed by atoms with Crippen LogP contribution in [0, 0.1) is 0 Å². The van der Waals surface area contributed by atoms with Crippen molar-refractivity contribution in [3.8, 4) is 0 Å². The smallest absolute Gasteiger partial charge is 0.408 e. The summed E-state index contributed by atoms with van der Waals surface area (Å²) in [6.07, 6.45) is 2.79. The molecule has 6 nitrogen and oxygen atoms in total. The van der Waals surface area contributed by atoms with Gasteiger partial charge in [-0.1, -0.05) is 24.4 Å². The van der Waals surface area contributed by atoms with Crippen LogP contribution in [0.3, 0.4) is 0 Å². The van der Waals surface area contributed by atoms with Crippen LogP contribution in [0.4, 0.5) is 9.59 Å². The fraction of sp³-hybridized carbons (Fsp3) is 0.857. The molecule has 2 N–H and O–H groups in total. The Morgan fingerprint density at radius 2 is 1.48 bits per heavy atom. The number of ether oxygens (including phenoxy) is 2. The molecule has 0 fully saturated rings. The fourth-order valence-corrected chi connectivity index (χ4v) is 1.57. The quantitative estimate of drug-likeness (QED) is 0.530. The zero-order valence-corrected chi connectivity index (χ0v) is 14.1. The second-order valence-corrected chi connectivity index (χ2v) is 6.33. The van der Waals surface area contributed by atoms with Crippen molar-refractivity contribution in [2.45, 2.75) is 64.5 Å². The van der Waals surface area contributed by atoms with Gasteiger partial charge < -0.3 is 20.1 Å². The average Bonchev–Trinajstić information content (AvgIpc) is 2.29. The summed E-state index contributed by atoms with van der Waals surface area (Å²) in [5.41, 5.74) is -1.09. The number of alkyl halides is 1. The summed E-state index contributed by atoms with van der Waals surface area (Å²) in [5.74, 6) is 0. The number of halogens is 1. The van der Waals surface area contributed by atoms with E-state index in [-0.39, 0.29) is 6.09 Å². The molecule has 1 unspecified atom stereocenters. The first kappa shape index (κ1) is 19.8. The normalized spacial score (nSPS) is 12.4. The van der Waals surface area contributed by atoms with Gasteiger partial charge in [-0.05, 0) is 40.5 Å². The molecule has 0 aliphatic heterocycles. The molecule has 0 bridgehead atoms. The maximum atomic E-state index is 11.4. The predicted octanol–water partition coefficient (Wildman–Crippen LogP) is 3.38. The second-order valence-electron chi connectivity index (χ2n) is 5.72. The zero-order valence-electron chi connectivity index (χ0n) is 13.3. The highest BCUT2D eigenvalue weighted by Gasteiger charge is 2.15. The lowest BCUT2D eigenvalue weighted by molar-refractivity contribution is 0.0527. The molecular weight excluding hydrogens is 296 g/mol.